The Labute approximate surface area is 120 Å². The number of nitrogens with one attached hydrogen (secondary N) is 1. The van der Waals surface area contributed by atoms with Crippen LogP contribution >= 0.6 is 0 Å². The number of hydrazine groups is 1. The van der Waals surface area contributed by atoms with E-state index in [0.717, 1.165) is 31.5 Å². The second kappa shape index (κ2) is 7.17. The van der Waals surface area contributed by atoms with Crippen molar-refractivity contribution in [3.8, 4) is 0 Å². The third-order valence-corrected chi connectivity index (χ3v) is 3.47. The van der Waals surface area contributed by atoms with E-state index in [-0.39, 0.29) is 6.04 Å². The van der Waals surface area contributed by atoms with E-state index in [2.05, 4.69) is 46.2 Å². The smallest absolute Gasteiger partial charge is 0.0624 e. The molecule has 108 valence electrons. The fourth-order valence-corrected chi connectivity index (χ4v) is 2.37. The first-order valence-corrected chi connectivity index (χ1v) is 7.17. The Balaban J connectivity index is 2.08. The van der Waals surface area contributed by atoms with Crippen molar-refractivity contribution < 1.29 is 0 Å². The van der Waals surface area contributed by atoms with Crippen molar-refractivity contribution >= 4 is 0 Å². The van der Waals surface area contributed by atoms with E-state index in [0.29, 0.717) is 0 Å². The number of aryl methyl sites for hydroxylation is 2. The summed E-state index contributed by atoms with van der Waals surface area (Å²) in [5.41, 5.74) is 6.47. The Kier molecular flexibility index (Phi) is 5.26. The Morgan fingerprint density at radius 3 is 2.80 bits per heavy atom. The van der Waals surface area contributed by atoms with Crippen LogP contribution < -0.4 is 11.3 Å². The topological polar surface area (TPSA) is 68.8 Å². The number of hydrogen-bond donors (Lipinski definition) is 2. The normalized spacial score (nSPS) is 12.6. The highest BCUT2D eigenvalue weighted by Gasteiger charge is 2.13. The first kappa shape index (κ1) is 14.7. The van der Waals surface area contributed by atoms with Crippen LogP contribution in [0.4, 0.5) is 0 Å². The average Bonchev–Trinajstić information content (AvgIpc) is 2.89. The van der Waals surface area contributed by atoms with Crippen LogP contribution in [0, 0.1) is 0 Å². The lowest BCUT2D eigenvalue weighted by molar-refractivity contribution is 0.495. The van der Waals surface area contributed by atoms with E-state index < -0.39 is 0 Å². The first-order valence-electron chi connectivity index (χ1n) is 7.17. The Hall–Kier alpha value is -1.72. The summed E-state index contributed by atoms with van der Waals surface area (Å²) in [7, 11) is 0. The van der Waals surface area contributed by atoms with Crippen molar-refractivity contribution in [2.24, 2.45) is 5.84 Å². The van der Waals surface area contributed by atoms with Gasteiger partial charge >= 0.3 is 0 Å². The maximum Gasteiger partial charge on any atom is 0.0624 e. The molecule has 3 N–H and O–H groups in total. The summed E-state index contributed by atoms with van der Waals surface area (Å²) < 4.78 is 2.06. The molecular formula is C15H23N5. The summed E-state index contributed by atoms with van der Waals surface area (Å²) in [4.78, 5) is 4.14. The molecule has 2 heterocycles. The van der Waals surface area contributed by atoms with Gasteiger partial charge in [0, 0.05) is 37.1 Å². The maximum atomic E-state index is 5.70. The summed E-state index contributed by atoms with van der Waals surface area (Å²) in [6.07, 6.45) is 6.36. The van der Waals surface area contributed by atoms with Gasteiger partial charge in [0.05, 0.1) is 5.69 Å². The number of nitrogens with zero attached hydrogens (tertiary/aromatic N) is 3. The van der Waals surface area contributed by atoms with Crippen molar-refractivity contribution in [3.63, 3.8) is 0 Å². The molecule has 0 aliphatic carbocycles. The lowest BCUT2D eigenvalue weighted by Gasteiger charge is -2.16. The zero-order valence-corrected chi connectivity index (χ0v) is 12.2. The lowest BCUT2D eigenvalue weighted by Crippen LogP contribution is -2.39. The van der Waals surface area contributed by atoms with Gasteiger partial charge in [-0.3, -0.25) is 20.9 Å². The minimum Gasteiger partial charge on any atom is -0.271 e. The zero-order valence-electron chi connectivity index (χ0n) is 12.2. The Morgan fingerprint density at radius 1 is 1.35 bits per heavy atom. The fraction of sp³-hybridized carbons (Fsp3) is 0.467. The van der Waals surface area contributed by atoms with Gasteiger partial charge in [-0.2, -0.15) is 5.10 Å². The molecule has 0 aliphatic heterocycles. The lowest BCUT2D eigenvalue weighted by atomic mass is 10.0. The van der Waals surface area contributed by atoms with Gasteiger partial charge in [0.2, 0.25) is 0 Å². The Bertz CT molecular complexity index is 520. The molecule has 2 aromatic heterocycles. The molecule has 0 fully saturated rings. The zero-order chi connectivity index (χ0) is 14.4. The molecule has 1 unspecified atom stereocenters. The summed E-state index contributed by atoms with van der Waals surface area (Å²) in [6, 6.07) is 6.39. The predicted molar refractivity (Wildman–Crippen MR) is 80.0 cm³/mol. The summed E-state index contributed by atoms with van der Waals surface area (Å²) >= 11 is 0. The number of hydrogen-bond acceptors (Lipinski definition) is 4. The van der Waals surface area contributed by atoms with E-state index in [1.807, 2.05) is 12.3 Å². The molecule has 2 rings (SSSR count). The van der Waals surface area contributed by atoms with Gasteiger partial charge in [-0.05, 0) is 37.5 Å². The van der Waals surface area contributed by atoms with Crippen LogP contribution in [0.15, 0.2) is 30.6 Å². The SMILES string of the molecule is CCc1cc(CC(Cc2cccnc2)NN)n(CC)n1. The molecule has 0 spiro atoms. The van der Waals surface area contributed by atoms with Crippen LogP contribution in [0.1, 0.15) is 30.8 Å². The van der Waals surface area contributed by atoms with Crippen LogP contribution in [0.3, 0.4) is 0 Å². The molecule has 0 aromatic carbocycles. The molecule has 20 heavy (non-hydrogen) atoms. The molecule has 0 aliphatic rings. The van der Waals surface area contributed by atoms with E-state index in [1.165, 1.54) is 11.3 Å². The van der Waals surface area contributed by atoms with E-state index in [9.17, 15) is 0 Å². The largest absolute Gasteiger partial charge is 0.271 e. The maximum absolute atomic E-state index is 5.70. The van der Waals surface area contributed by atoms with Gasteiger partial charge in [-0.25, -0.2) is 0 Å². The van der Waals surface area contributed by atoms with Crippen molar-refractivity contribution in [3.05, 3.63) is 47.5 Å². The van der Waals surface area contributed by atoms with Crippen LogP contribution in [-0.4, -0.2) is 20.8 Å². The van der Waals surface area contributed by atoms with Crippen molar-refractivity contribution in [2.75, 3.05) is 0 Å². The molecule has 0 bridgehead atoms. The Morgan fingerprint density at radius 2 is 2.20 bits per heavy atom. The van der Waals surface area contributed by atoms with Gasteiger partial charge in [-0.1, -0.05) is 13.0 Å². The third kappa shape index (κ3) is 3.65. The van der Waals surface area contributed by atoms with Crippen molar-refractivity contribution in [1.29, 1.82) is 0 Å². The van der Waals surface area contributed by atoms with Crippen molar-refractivity contribution in [2.45, 2.75) is 45.7 Å². The summed E-state index contributed by atoms with van der Waals surface area (Å²) in [5.74, 6) is 5.70. The van der Waals surface area contributed by atoms with Crippen LogP contribution in [0.25, 0.3) is 0 Å². The van der Waals surface area contributed by atoms with Gasteiger partial charge < -0.3 is 0 Å². The molecule has 0 radical (unpaired) electrons. The van der Waals surface area contributed by atoms with Gasteiger partial charge in [0.1, 0.15) is 0 Å². The van der Waals surface area contributed by atoms with Gasteiger partial charge in [-0.15, -0.1) is 0 Å². The van der Waals surface area contributed by atoms with Crippen LogP contribution in [-0.2, 0) is 25.8 Å². The van der Waals surface area contributed by atoms with E-state index in [4.69, 9.17) is 5.84 Å². The second-order valence-corrected chi connectivity index (χ2v) is 4.93. The molecular weight excluding hydrogens is 250 g/mol. The first-order chi connectivity index (χ1) is 9.76. The molecule has 2 aromatic rings. The quantitative estimate of drug-likeness (QED) is 0.592. The summed E-state index contributed by atoms with van der Waals surface area (Å²) in [5, 5.41) is 4.58. The number of aromatic nitrogens is 3. The molecule has 5 heteroatoms. The second-order valence-electron chi connectivity index (χ2n) is 4.93. The van der Waals surface area contributed by atoms with Crippen LogP contribution in [0.5, 0.6) is 0 Å². The highest BCUT2D eigenvalue weighted by Crippen LogP contribution is 2.11. The summed E-state index contributed by atoms with van der Waals surface area (Å²) in [6.45, 7) is 5.13. The highest BCUT2D eigenvalue weighted by molar-refractivity contribution is 5.15. The molecule has 0 saturated carbocycles. The van der Waals surface area contributed by atoms with Gasteiger partial charge in [0.25, 0.3) is 0 Å². The average molecular weight is 273 g/mol. The van der Waals surface area contributed by atoms with Gasteiger partial charge in [0.15, 0.2) is 0 Å². The fourth-order valence-electron chi connectivity index (χ4n) is 2.37. The third-order valence-electron chi connectivity index (χ3n) is 3.47. The minimum atomic E-state index is 0.186. The molecule has 1 atom stereocenters. The van der Waals surface area contributed by atoms with Crippen molar-refractivity contribution in [1.82, 2.24) is 20.2 Å². The van der Waals surface area contributed by atoms with Crippen LogP contribution in [0.2, 0.25) is 0 Å². The minimum absolute atomic E-state index is 0.186. The number of pyridine rings is 1. The number of rotatable bonds is 7. The monoisotopic (exact) mass is 273 g/mol. The highest BCUT2D eigenvalue weighted by atomic mass is 15.3. The van der Waals surface area contributed by atoms with E-state index in [1.54, 1.807) is 6.20 Å². The number of nitrogens with two attached hydrogens (primary N) is 1. The van der Waals surface area contributed by atoms with E-state index >= 15 is 0 Å². The molecule has 0 saturated heterocycles. The standard InChI is InChI=1S/C15H23N5/c1-3-13-9-15(20(4-2)19-13)10-14(18-16)8-12-6-5-7-17-11-12/h5-7,9,11,14,18H,3-4,8,10,16H2,1-2H3. The predicted octanol–water partition coefficient (Wildman–Crippen LogP) is 1.48. The molecule has 5 nitrogen and oxygen atoms in total. The molecule has 0 amide bonds.